The van der Waals surface area contributed by atoms with Crippen molar-refractivity contribution in [2.45, 2.75) is 12.5 Å². The van der Waals surface area contributed by atoms with Gasteiger partial charge in [-0.25, -0.2) is 0 Å². The zero-order chi connectivity index (χ0) is 7.97. The number of rotatable bonds is 0. The van der Waals surface area contributed by atoms with Gasteiger partial charge in [0.25, 0.3) is 0 Å². The third-order valence-electron chi connectivity index (χ3n) is 2.71. The average Bonchev–Trinajstić information content (AvgIpc) is 2.52. The largest absolute Gasteiger partial charge is 0.493 e. The summed E-state index contributed by atoms with van der Waals surface area (Å²) < 4.78 is 5.58. The van der Waals surface area contributed by atoms with Gasteiger partial charge in [-0.05, 0) is 11.6 Å². The van der Waals surface area contributed by atoms with Gasteiger partial charge in [0.2, 0.25) is 0 Å². The lowest BCUT2D eigenvalue weighted by atomic mass is 9.93. The molecule has 13 heavy (non-hydrogen) atoms. The predicted molar refractivity (Wildman–Crippen MR) is 53.6 cm³/mol. The molecule has 0 saturated heterocycles. The Morgan fingerprint density at radius 3 is 3.23 bits per heavy atom. The molecule has 1 unspecified atom stereocenters. The van der Waals surface area contributed by atoms with Gasteiger partial charge in [0.1, 0.15) is 5.75 Å². The minimum atomic E-state index is 0. The normalized spacial score (nSPS) is 22.9. The average molecular weight is 198 g/mol. The maximum Gasteiger partial charge on any atom is 0.123 e. The van der Waals surface area contributed by atoms with E-state index in [1.807, 2.05) is 0 Å². The number of ether oxygens (including phenoxy) is 1. The molecule has 1 N–H and O–H groups in total. The molecule has 2 aliphatic heterocycles. The first-order chi connectivity index (χ1) is 5.95. The summed E-state index contributed by atoms with van der Waals surface area (Å²) >= 11 is 0. The van der Waals surface area contributed by atoms with Gasteiger partial charge in [0, 0.05) is 24.6 Å². The van der Waals surface area contributed by atoms with Crippen LogP contribution in [0.15, 0.2) is 18.2 Å². The molecular weight excluding hydrogens is 186 g/mol. The van der Waals surface area contributed by atoms with Crippen LogP contribution in [-0.2, 0) is 6.54 Å². The number of nitrogens with one attached hydrogen (secondary N) is 1. The SMILES string of the molecule is Cl.c1cc2c3c(c1)OCC3CNC2. The van der Waals surface area contributed by atoms with Crippen molar-refractivity contribution in [2.75, 3.05) is 13.2 Å². The quantitative estimate of drug-likeness (QED) is 0.684. The maximum atomic E-state index is 5.58. The molecule has 0 saturated carbocycles. The smallest absolute Gasteiger partial charge is 0.123 e. The van der Waals surface area contributed by atoms with E-state index < -0.39 is 0 Å². The summed E-state index contributed by atoms with van der Waals surface area (Å²) in [6.45, 7) is 2.94. The monoisotopic (exact) mass is 197 g/mol. The number of hydrogen-bond donors (Lipinski definition) is 1. The van der Waals surface area contributed by atoms with Crippen LogP contribution in [0.4, 0.5) is 0 Å². The molecule has 0 amide bonds. The topological polar surface area (TPSA) is 21.3 Å². The van der Waals surface area contributed by atoms with E-state index >= 15 is 0 Å². The Hall–Kier alpha value is -0.730. The van der Waals surface area contributed by atoms with Gasteiger partial charge in [0.15, 0.2) is 0 Å². The van der Waals surface area contributed by atoms with Gasteiger partial charge in [-0.3, -0.25) is 0 Å². The van der Waals surface area contributed by atoms with Gasteiger partial charge < -0.3 is 10.1 Å². The van der Waals surface area contributed by atoms with Crippen molar-refractivity contribution in [3.63, 3.8) is 0 Å². The van der Waals surface area contributed by atoms with E-state index in [0.29, 0.717) is 5.92 Å². The van der Waals surface area contributed by atoms with E-state index in [4.69, 9.17) is 4.74 Å². The van der Waals surface area contributed by atoms with E-state index in [1.165, 1.54) is 11.1 Å². The van der Waals surface area contributed by atoms with E-state index in [2.05, 4.69) is 23.5 Å². The number of halogens is 1. The first kappa shape index (κ1) is 8.85. The van der Waals surface area contributed by atoms with Crippen LogP contribution in [0, 0.1) is 0 Å². The minimum absolute atomic E-state index is 0. The summed E-state index contributed by atoms with van der Waals surface area (Å²) in [6.07, 6.45) is 0. The van der Waals surface area contributed by atoms with Crippen LogP contribution in [0.2, 0.25) is 0 Å². The Morgan fingerprint density at radius 2 is 2.31 bits per heavy atom. The summed E-state index contributed by atoms with van der Waals surface area (Å²) in [6, 6.07) is 6.33. The van der Waals surface area contributed by atoms with Crippen molar-refractivity contribution >= 4 is 12.4 Å². The molecule has 2 heterocycles. The predicted octanol–water partition coefficient (Wildman–Crippen LogP) is 1.69. The zero-order valence-electron chi connectivity index (χ0n) is 7.25. The van der Waals surface area contributed by atoms with Crippen molar-refractivity contribution in [3.8, 4) is 5.75 Å². The molecule has 1 aromatic carbocycles. The summed E-state index contributed by atoms with van der Waals surface area (Å²) in [5.74, 6) is 1.71. The van der Waals surface area contributed by atoms with E-state index in [1.54, 1.807) is 0 Å². The Morgan fingerprint density at radius 1 is 1.38 bits per heavy atom. The van der Waals surface area contributed by atoms with Crippen molar-refractivity contribution < 1.29 is 4.74 Å². The van der Waals surface area contributed by atoms with Gasteiger partial charge in [-0.1, -0.05) is 12.1 Å². The van der Waals surface area contributed by atoms with Gasteiger partial charge in [0.05, 0.1) is 6.61 Å². The molecule has 0 aromatic heterocycles. The van der Waals surface area contributed by atoms with Crippen LogP contribution < -0.4 is 10.1 Å². The molecule has 0 aliphatic carbocycles. The van der Waals surface area contributed by atoms with Crippen LogP contribution in [-0.4, -0.2) is 13.2 Å². The molecule has 3 rings (SSSR count). The number of benzene rings is 1. The minimum Gasteiger partial charge on any atom is -0.493 e. The second-order valence-electron chi connectivity index (χ2n) is 3.47. The molecule has 70 valence electrons. The highest BCUT2D eigenvalue weighted by Gasteiger charge is 2.28. The fourth-order valence-corrected chi connectivity index (χ4v) is 2.15. The molecule has 3 heteroatoms. The first-order valence-electron chi connectivity index (χ1n) is 4.40. The highest BCUT2D eigenvalue weighted by Crippen LogP contribution is 2.37. The lowest BCUT2D eigenvalue weighted by Gasteiger charge is -2.19. The standard InChI is InChI=1S/C10H11NO.ClH/c1-2-7-4-11-5-8-6-12-9(3-1)10(7)8;/h1-3,8,11H,4-6H2;1H. The van der Waals surface area contributed by atoms with Crippen LogP contribution in [0.5, 0.6) is 5.75 Å². The van der Waals surface area contributed by atoms with E-state index in [9.17, 15) is 0 Å². The second kappa shape index (κ2) is 3.20. The summed E-state index contributed by atoms with van der Waals surface area (Å²) in [5, 5.41) is 3.40. The molecule has 1 atom stereocenters. The molecular formula is C10H12ClNO. The molecule has 1 aromatic rings. The van der Waals surface area contributed by atoms with Crippen LogP contribution >= 0.6 is 12.4 Å². The third-order valence-corrected chi connectivity index (χ3v) is 2.71. The van der Waals surface area contributed by atoms with Gasteiger partial charge in [-0.2, -0.15) is 0 Å². The Kier molecular flexibility index (Phi) is 2.18. The second-order valence-corrected chi connectivity index (χ2v) is 3.47. The Bertz CT molecular complexity index is 327. The number of hydrogen-bond acceptors (Lipinski definition) is 2. The van der Waals surface area contributed by atoms with Gasteiger partial charge in [-0.15, -0.1) is 12.4 Å². The van der Waals surface area contributed by atoms with Crippen molar-refractivity contribution in [3.05, 3.63) is 29.3 Å². The van der Waals surface area contributed by atoms with Crippen molar-refractivity contribution in [1.82, 2.24) is 5.32 Å². The fourth-order valence-electron chi connectivity index (χ4n) is 2.15. The van der Waals surface area contributed by atoms with E-state index in [0.717, 1.165) is 25.4 Å². The van der Waals surface area contributed by atoms with Crippen LogP contribution in [0.3, 0.4) is 0 Å². The van der Waals surface area contributed by atoms with Crippen molar-refractivity contribution in [1.29, 1.82) is 0 Å². The zero-order valence-corrected chi connectivity index (χ0v) is 8.06. The summed E-state index contributed by atoms with van der Waals surface area (Å²) in [5.41, 5.74) is 2.87. The molecule has 0 spiro atoms. The van der Waals surface area contributed by atoms with Crippen LogP contribution in [0.25, 0.3) is 0 Å². The summed E-state index contributed by atoms with van der Waals surface area (Å²) in [4.78, 5) is 0. The Labute approximate surface area is 83.7 Å². The Balaban J connectivity index is 0.000000653. The van der Waals surface area contributed by atoms with E-state index in [-0.39, 0.29) is 12.4 Å². The van der Waals surface area contributed by atoms with Crippen LogP contribution in [0.1, 0.15) is 17.0 Å². The lowest BCUT2D eigenvalue weighted by molar-refractivity contribution is 0.325. The molecule has 2 aliphatic rings. The molecule has 2 nitrogen and oxygen atoms in total. The highest BCUT2D eigenvalue weighted by atomic mass is 35.5. The summed E-state index contributed by atoms with van der Waals surface area (Å²) in [7, 11) is 0. The maximum absolute atomic E-state index is 5.58. The van der Waals surface area contributed by atoms with Crippen molar-refractivity contribution in [2.24, 2.45) is 0 Å². The first-order valence-corrected chi connectivity index (χ1v) is 4.40. The van der Waals surface area contributed by atoms with Gasteiger partial charge >= 0.3 is 0 Å². The highest BCUT2D eigenvalue weighted by molar-refractivity contribution is 5.85. The molecule has 0 fully saturated rings. The molecule has 0 bridgehead atoms. The molecule has 0 radical (unpaired) electrons. The lowest BCUT2D eigenvalue weighted by Crippen LogP contribution is -2.27. The fraction of sp³-hybridized carbons (Fsp3) is 0.400. The third kappa shape index (κ3) is 1.21.